The fourth-order valence-electron chi connectivity index (χ4n) is 5.38. The zero-order chi connectivity index (χ0) is 16.6. The molecular formula is C17H18N2O5. The first-order valence-electron chi connectivity index (χ1n) is 8.24. The summed E-state index contributed by atoms with van der Waals surface area (Å²) in [5.41, 5.74) is 1.85. The number of likely N-dealkylation sites (tertiary alicyclic amines) is 1. The van der Waals surface area contributed by atoms with Crippen molar-refractivity contribution in [2.24, 2.45) is 5.92 Å². The molecule has 2 heterocycles. The van der Waals surface area contributed by atoms with Crippen molar-refractivity contribution < 1.29 is 19.8 Å². The van der Waals surface area contributed by atoms with Crippen LogP contribution >= 0.6 is 0 Å². The third kappa shape index (κ3) is 1.54. The van der Waals surface area contributed by atoms with Crippen molar-refractivity contribution in [3.63, 3.8) is 0 Å². The highest BCUT2D eigenvalue weighted by atomic mass is 17.0. The third-order valence-electron chi connectivity index (χ3n) is 6.31. The molecule has 2 bridgehead atoms. The SMILES string of the molecule is CN1CC[C@]23c4c5ccc(O[N+](=O)[O-])c4O[C@H]2[C@@H](O)C=C[C@H]3[C@H]1C5. The maximum Gasteiger partial charge on any atom is 0.299 e. The molecule has 24 heavy (non-hydrogen) atoms. The number of rotatable bonds is 2. The number of likely N-dealkylation sites (N-methyl/N-ethyl adjacent to an activating group) is 1. The van der Waals surface area contributed by atoms with Crippen LogP contribution in [0.25, 0.3) is 0 Å². The Hall–Kier alpha value is -2.12. The summed E-state index contributed by atoms with van der Waals surface area (Å²) in [5.74, 6) is 0.820. The van der Waals surface area contributed by atoms with Gasteiger partial charge in [-0.2, -0.15) is 0 Å². The number of benzene rings is 1. The Morgan fingerprint density at radius 3 is 3.08 bits per heavy atom. The molecule has 126 valence electrons. The molecule has 1 fully saturated rings. The smallest absolute Gasteiger partial charge is 0.299 e. The predicted molar refractivity (Wildman–Crippen MR) is 83.5 cm³/mol. The molecule has 5 rings (SSSR count). The Labute approximate surface area is 138 Å². The van der Waals surface area contributed by atoms with E-state index in [1.165, 1.54) is 0 Å². The lowest BCUT2D eigenvalue weighted by Crippen LogP contribution is -2.64. The number of ether oxygens (including phenoxy) is 1. The van der Waals surface area contributed by atoms with E-state index in [0.29, 0.717) is 11.8 Å². The molecule has 0 amide bonds. The van der Waals surface area contributed by atoms with E-state index in [1.54, 1.807) is 6.07 Å². The number of nitrogens with zero attached hydrogens (tertiary/aromatic N) is 2. The molecule has 2 aliphatic carbocycles. The average molecular weight is 330 g/mol. The molecule has 0 radical (unpaired) electrons. The van der Waals surface area contributed by atoms with Crippen molar-refractivity contribution in [3.8, 4) is 11.5 Å². The minimum absolute atomic E-state index is 0.130. The summed E-state index contributed by atoms with van der Waals surface area (Å²) in [6.07, 6.45) is 4.54. The standard InChI is InChI=1S/C17H18N2O5/c1-18-7-6-17-10-3-4-12(20)16(17)23-15-13(24-19(21)22)5-2-9(14(15)17)8-11(10)18/h2-5,10-12,16,20H,6-8H2,1H3/t10-,11+,12-,16-,17-/m0/s1. The fraction of sp³-hybridized carbons (Fsp3) is 0.529. The van der Waals surface area contributed by atoms with Crippen molar-refractivity contribution in [1.82, 2.24) is 4.90 Å². The van der Waals surface area contributed by atoms with Gasteiger partial charge >= 0.3 is 0 Å². The highest BCUT2D eigenvalue weighted by Crippen LogP contribution is 2.62. The number of aliphatic hydroxyl groups excluding tert-OH is 1. The Kier molecular flexibility index (Phi) is 2.66. The van der Waals surface area contributed by atoms with E-state index in [-0.39, 0.29) is 17.1 Å². The summed E-state index contributed by atoms with van der Waals surface area (Å²) in [6.45, 7) is 0.917. The first-order valence-corrected chi connectivity index (χ1v) is 8.24. The molecule has 0 aromatic heterocycles. The van der Waals surface area contributed by atoms with Crippen molar-refractivity contribution >= 4 is 0 Å². The fourth-order valence-corrected chi connectivity index (χ4v) is 5.38. The molecule has 1 aromatic rings. The van der Waals surface area contributed by atoms with Crippen molar-refractivity contribution in [2.45, 2.75) is 36.5 Å². The van der Waals surface area contributed by atoms with E-state index in [0.717, 1.165) is 30.5 Å². The monoisotopic (exact) mass is 330 g/mol. The zero-order valence-corrected chi connectivity index (χ0v) is 13.2. The van der Waals surface area contributed by atoms with Gasteiger partial charge in [-0.25, -0.2) is 0 Å². The van der Waals surface area contributed by atoms with Crippen LogP contribution in [0.15, 0.2) is 24.3 Å². The van der Waals surface area contributed by atoms with Gasteiger partial charge in [-0.15, -0.1) is 10.1 Å². The minimum atomic E-state index is -0.812. The topological polar surface area (TPSA) is 85.1 Å². The van der Waals surface area contributed by atoms with Gasteiger partial charge in [0, 0.05) is 22.9 Å². The molecule has 1 saturated heterocycles. The van der Waals surface area contributed by atoms with Gasteiger partial charge in [0.25, 0.3) is 5.09 Å². The third-order valence-corrected chi connectivity index (χ3v) is 6.31. The summed E-state index contributed by atoms with van der Waals surface area (Å²) in [6, 6.07) is 3.88. The molecular weight excluding hydrogens is 312 g/mol. The molecule has 1 spiro atoms. The van der Waals surface area contributed by atoms with Crippen LogP contribution in [0.2, 0.25) is 0 Å². The molecule has 4 aliphatic rings. The van der Waals surface area contributed by atoms with Gasteiger partial charge < -0.3 is 14.7 Å². The second-order valence-electron chi connectivity index (χ2n) is 7.22. The van der Waals surface area contributed by atoms with Crippen LogP contribution in [0.4, 0.5) is 0 Å². The Balaban J connectivity index is 1.76. The Morgan fingerprint density at radius 1 is 1.46 bits per heavy atom. The number of piperidine rings is 1. The molecule has 1 N–H and O–H groups in total. The molecule has 7 nitrogen and oxygen atoms in total. The van der Waals surface area contributed by atoms with Crippen molar-refractivity contribution in [2.75, 3.05) is 13.6 Å². The second kappa shape index (κ2) is 4.49. The Morgan fingerprint density at radius 2 is 2.29 bits per heavy atom. The molecule has 0 saturated carbocycles. The predicted octanol–water partition coefficient (Wildman–Crippen LogP) is 1.06. The van der Waals surface area contributed by atoms with Crippen LogP contribution < -0.4 is 9.57 Å². The highest BCUT2D eigenvalue weighted by molar-refractivity contribution is 5.62. The van der Waals surface area contributed by atoms with Crippen LogP contribution in [-0.2, 0) is 11.8 Å². The maximum absolute atomic E-state index is 10.8. The van der Waals surface area contributed by atoms with Crippen LogP contribution in [0, 0.1) is 16.0 Å². The van der Waals surface area contributed by atoms with Gasteiger partial charge in [-0.05, 0) is 38.1 Å². The largest absolute Gasteiger partial charge is 0.484 e. The van der Waals surface area contributed by atoms with Gasteiger partial charge in [-0.3, -0.25) is 4.84 Å². The van der Waals surface area contributed by atoms with Crippen molar-refractivity contribution in [1.29, 1.82) is 0 Å². The van der Waals surface area contributed by atoms with E-state index in [9.17, 15) is 15.2 Å². The van der Waals surface area contributed by atoms with Gasteiger partial charge in [0.05, 0.1) is 0 Å². The second-order valence-corrected chi connectivity index (χ2v) is 7.22. The van der Waals surface area contributed by atoms with Crippen LogP contribution in [-0.4, -0.2) is 46.9 Å². The van der Waals surface area contributed by atoms with Gasteiger partial charge in [0.1, 0.15) is 12.2 Å². The molecule has 0 unspecified atom stereocenters. The van der Waals surface area contributed by atoms with Crippen molar-refractivity contribution in [3.05, 3.63) is 45.5 Å². The molecule has 1 aromatic carbocycles. The van der Waals surface area contributed by atoms with E-state index in [1.807, 2.05) is 12.1 Å². The molecule has 7 heteroatoms. The van der Waals surface area contributed by atoms with E-state index < -0.39 is 17.3 Å². The van der Waals surface area contributed by atoms with Gasteiger partial charge in [-0.1, -0.05) is 18.2 Å². The summed E-state index contributed by atoms with van der Waals surface area (Å²) < 4.78 is 6.11. The van der Waals surface area contributed by atoms with Crippen LogP contribution in [0.5, 0.6) is 11.5 Å². The first kappa shape index (κ1) is 14.2. The quantitative estimate of drug-likeness (QED) is 0.496. The van der Waals surface area contributed by atoms with E-state index in [4.69, 9.17) is 9.57 Å². The first-order chi connectivity index (χ1) is 11.5. The normalized spacial score (nSPS) is 38.4. The summed E-state index contributed by atoms with van der Waals surface area (Å²) >= 11 is 0. The lowest BCUT2D eigenvalue weighted by atomic mass is 9.53. The number of hydrogen-bond donors (Lipinski definition) is 1. The molecule has 2 aliphatic heterocycles. The lowest BCUT2D eigenvalue weighted by Gasteiger charge is -2.56. The molecule has 5 atom stereocenters. The van der Waals surface area contributed by atoms with Gasteiger partial charge in [0.15, 0.2) is 11.5 Å². The zero-order valence-electron chi connectivity index (χ0n) is 13.2. The van der Waals surface area contributed by atoms with E-state index in [2.05, 4.69) is 18.0 Å². The van der Waals surface area contributed by atoms with Crippen LogP contribution in [0.3, 0.4) is 0 Å². The maximum atomic E-state index is 10.8. The summed E-state index contributed by atoms with van der Waals surface area (Å²) in [5, 5.41) is 20.5. The summed E-state index contributed by atoms with van der Waals surface area (Å²) in [4.78, 5) is 18.0. The van der Waals surface area contributed by atoms with Crippen LogP contribution in [0.1, 0.15) is 17.5 Å². The summed E-state index contributed by atoms with van der Waals surface area (Å²) in [7, 11) is 2.14. The lowest BCUT2D eigenvalue weighted by molar-refractivity contribution is -0.711. The number of hydrogen-bond acceptors (Lipinski definition) is 6. The highest BCUT2D eigenvalue weighted by Gasteiger charge is 2.64. The van der Waals surface area contributed by atoms with E-state index >= 15 is 0 Å². The number of aliphatic hydroxyl groups is 1. The minimum Gasteiger partial charge on any atom is -0.484 e. The average Bonchev–Trinajstić information content (AvgIpc) is 2.89. The van der Waals surface area contributed by atoms with Gasteiger partial charge in [0.2, 0.25) is 0 Å². The Bertz CT molecular complexity index is 778.